The van der Waals surface area contributed by atoms with E-state index >= 15 is 0 Å². The minimum atomic E-state index is 0.101. The molecule has 2 aromatic heterocycles. The predicted octanol–water partition coefficient (Wildman–Crippen LogP) is 2.84. The van der Waals surface area contributed by atoms with Gasteiger partial charge in [0.05, 0.1) is 24.6 Å². The van der Waals surface area contributed by atoms with Crippen LogP contribution < -0.4 is 14.8 Å². The number of rotatable bonds is 6. The van der Waals surface area contributed by atoms with Crippen molar-refractivity contribution in [3.63, 3.8) is 0 Å². The number of aryl methyl sites for hydroxylation is 1. The van der Waals surface area contributed by atoms with E-state index in [2.05, 4.69) is 20.6 Å². The van der Waals surface area contributed by atoms with E-state index in [1.165, 1.54) is 0 Å². The van der Waals surface area contributed by atoms with Crippen LogP contribution in [0.3, 0.4) is 0 Å². The topological polar surface area (TPSA) is 73.6 Å². The summed E-state index contributed by atoms with van der Waals surface area (Å²) in [7, 11) is 1.64. The van der Waals surface area contributed by atoms with Crippen molar-refractivity contribution in [2.75, 3.05) is 12.4 Å². The molecule has 126 valence electrons. The van der Waals surface area contributed by atoms with Crippen molar-refractivity contribution in [2.24, 2.45) is 0 Å². The van der Waals surface area contributed by atoms with Crippen molar-refractivity contribution in [3.8, 4) is 11.5 Å². The van der Waals surface area contributed by atoms with Crippen LogP contribution in [0, 0.1) is 6.92 Å². The van der Waals surface area contributed by atoms with Gasteiger partial charge in [-0.15, -0.1) is 10.2 Å². The number of anilines is 1. The molecule has 0 aliphatic rings. The van der Waals surface area contributed by atoms with Gasteiger partial charge in [0.1, 0.15) is 6.33 Å². The second-order valence-electron chi connectivity index (χ2n) is 5.80. The monoisotopic (exact) mass is 327 g/mol. The van der Waals surface area contributed by atoms with Crippen molar-refractivity contribution in [1.29, 1.82) is 0 Å². The molecule has 1 aromatic carbocycles. The molecule has 7 heteroatoms. The first-order valence-electron chi connectivity index (χ1n) is 7.82. The zero-order valence-corrected chi connectivity index (χ0v) is 14.3. The third kappa shape index (κ3) is 3.40. The predicted molar refractivity (Wildman–Crippen MR) is 91.6 cm³/mol. The molecular weight excluding hydrogens is 306 g/mol. The molecule has 0 radical (unpaired) electrons. The van der Waals surface area contributed by atoms with Gasteiger partial charge < -0.3 is 14.8 Å². The van der Waals surface area contributed by atoms with Crippen LogP contribution in [0.25, 0.3) is 5.65 Å². The highest BCUT2D eigenvalue weighted by Crippen LogP contribution is 2.29. The summed E-state index contributed by atoms with van der Waals surface area (Å²) < 4.78 is 12.8. The Morgan fingerprint density at radius 2 is 2.04 bits per heavy atom. The van der Waals surface area contributed by atoms with Gasteiger partial charge in [-0.2, -0.15) is 9.61 Å². The summed E-state index contributed by atoms with van der Waals surface area (Å²) in [6.07, 6.45) is 1.69. The molecule has 0 saturated carbocycles. The number of aromatic nitrogens is 4. The zero-order chi connectivity index (χ0) is 17.1. The minimum Gasteiger partial charge on any atom is -0.493 e. The van der Waals surface area contributed by atoms with Crippen molar-refractivity contribution in [1.82, 2.24) is 19.8 Å². The maximum Gasteiger partial charge on any atom is 0.200 e. The van der Waals surface area contributed by atoms with Crippen LogP contribution in [0.1, 0.15) is 25.1 Å². The summed E-state index contributed by atoms with van der Waals surface area (Å²) >= 11 is 0. The Hall–Kier alpha value is -2.83. The molecule has 24 heavy (non-hydrogen) atoms. The zero-order valence-electron chi connectivity index (χ0n) is 14.3. The normalized spacial score (nSPS) is 11.0. The smallest absolute Gasteiger partial charge is 0.200 e. The number of hydrogen-bond acceptors (Lipinski definition) is 6. The molecule has 3 rings (SSSR count). The third-order valence-corrected chi connectivity index (χ3v) is 3.46. The van der Waals surface area contributed by atoms with Crippen molar-refractivity contribution < 1.29 is 9.47 Å². The lowest BCUT2D eigenvalue weighted by molar-refractivity contribution is 0.230. The molecular formula is C17H21N5O2. The summed E-state index contributed by atoms with van der Waals surface area (Å²) in [4.78, 5) is 0. The van der Waals surface area contributed by atoms with Crippen LogP contribution in [0.2, 0.25) is 0 Å². The Kier molecular flexibility index (Phi) is 4.50. The first-order chi connectivity index (χ1) is 11.6. The van der Waals surface area contributed by atoms with Crippen LogP contribution in [0.4, 0.5) is 5.69 Å². The number of fused-ring (bicyclic) bond motifs is 1. The maximum atomic E-state index is 5.74. The Morgan fingerprint density at radius 1 is 1.21 bits per heavy atom. The van der Waals surface area contributed by atoms with E-state index in [1.807, 2.05) is 45.0 Å². The lowest BCUT2D eigenvalue weighted by Crippen LogP contribution is -2.08. The van der Waals surface area contributed by atoms with E-state index in [4.69, 9.17) is 9.47 Å². The molecule has 0 fully saturated rings. The Balaban J connectivity index is 1.79. The van der Waals surface area contributed by atoms with E-state index in [0.29, 0.717) is 12.2 Å². The van der Waals surface area contributed by atoms with Crippen LogP contribution in [-0.4, -0.2) is 33.0 Å². The van der Waals surface area contributed by atoms with Crippen LogP contribution in [0.15, 0.2) is 30.6 Å². The largest absolute Gasteiger partial charge is 0.493 e. The van der Waals surface area contributed by atoms with Gasteiger partial charge in [-0.1, -0.05) is 6.07 Å². The average Bonchev–Trinajstić information content (AvgIpc) is 3.01. The lowest BCUT2D eigenvalue weighted by atomic mass is 10.2. The fourth-order valence-corrected chi connectivity index (χ4v) is 2.45. The first kappa shape index (κ1) is 16.0. The molecule has 0 spiro atoms. The van der Waals surface area contributed by atoms with Crippen LogP contribution in [-0.2, 0) is 6.54 Å². The van der Waals surface area contributed by atoms with Gasteiger partial charge in [-0.3, -0.25) is 0 Å². The second-order valence-corrected chi connectivity index (χ2v) is 5.80. The molecule has 2 heterocycles. The maximum absolute atomic E-state index is 5.74. The molecule has 0 amide bonds. The molecule has 0 unspecified atom stereocenters. The van der Waals surface area contributed by atoms with E-state index in [9.17, 15) is 0 Å². The molecule has 3 aromatic rings. The summed E-state index contributed by atoms with van der Waals surface area (Å²) in [5.74, 6) is 1.47. The van der Waals surface area contributed by atoms with Gasteiger partial charge >= 0.3 is 0 Å². The Bertz CT molecular complexity index is 844. The average molecular weight is 327 g/mol. The number of methoxy groups -OCH3 is 1. The summed E-state index contributed by atoms with van der Waals surface area (Å²) in [5.41, 5.74) is 3.56. The molecule has 0 aliphatic carbocycles. The van der Waals surface area contributed by atoms with Gasteiger partial charge in [-0.25, -0.2) is 0 Å². The van der Waals surface area contributed by atoms with Crippen LogP contribution in [0.5, 0.6) is 11.5 Å². The highest BCUT2D eigenvalue weighted by molar-refractivity contribution is 5.66. The van der Waals surface area contributed by atoms with Crippen molar-refractivity contribution in [3.05, 3.63) is 41.9 Å². The van der Waals surface area contributed by atoms with Crippen LogP contribution >= 0.6 is 0 Å². The molecule has 0 bridgehead atoms. The van der Waals surface area contributed by atoms with E-state index < -0.39 is 0 Å². The fraction of sp³-hybridized carbons (Fsp3) is 0.353. The molecule has 1 N–H and O–H groups in total. The molecule has 0 atom stereocenters. The van der Waals surface area contributed by atoms with Crippen molar-refractivity contribution >= 4 is 11.3 Å². The number of hydrogen-bond donors (Lipinski definition) is 1. The Morgan fingerprint density at radius 3 is 2.79 bits per heavy atom. The highest BCUT2D eigenvalue weighted by atomic mass is 16.5. The first-order valence-corrected chi connectivity index (χ1v) is 7.82. The number of nitrogens with zero attached hydrogens (tertiary/aromatic N) is 4. The molecule has 7 nitrogen and oxygen atoms in total. The SMILES string of the molecule is COc1cc(CNc2cc(C)nn3cnnc23)ccc1OC(C)C. The second kappa shape index (κ2) is 6.74. The van der Waals surface area contributed by atoms with Gasteiger partial charge in [-0.05, 0) is 44.5 Å². The van der Waals surface area contributed by atoms with Gasteiger partial charge in [0.15, 0.2) is 11.5 Å². The quantitative estimate of drug-likeness (QED) is 0.750. The van der Waals surface area contributed by atoms with Crippen molar-refractivity contribution in [2.45, 2.75) is 33.4 Å². The number of benzene rings is 1. The molecule has 0 saturated heterocycles. The highest BCUT2D eigenvalue weighted by Gasteiger charge is 2.09. The van der Waals surface area contributed by atoms with E-state index in [1.54, 1.807) is 18.0 Å². The number of ether oxygens (including phenoxy) is 2. The van der Waals surface area contributed by atoms with Gasteiger partial charge in [0.25, 0.3) is 0 Å². The standard InChI is InChI=1S/C17H21N5O2/c1-11(2)24-15-6-5-13(8-16(15)23-4)9-18-14-7-12(3)21-22-10-19-20-17(14)22/h5-8,10-11,18H,9H2,1-4H3. The van der Waals surface area contributed by atoms with Gasteiger partial charge in [0.2, 0.25) is 5.65 Å². The third-order valence-electron chi connectivity index (χ3n) is 3.46. The number of nitrogens with one attached hydrogen (secondary N) is 1. The van der Waals surface area contributed by atoms with E-state index in [0.717, 1.165) is 28.4 Å². The Labute approximate surface area is 140 Å². The fourth-order valence-electron chi connectivity index (χ4n) is 2.45. The lowest BCUT2D eigenvalue weighted by Gasteiger charge is -2.15. The summed E-state index contributed by atoms with van der Waals surface area (Å²) in [6.45, 7) is 6.55. The summed E-state index contributed by atoms with van der Waals surface area (Å²) in [5, 5.41) is 15.7. The summed E-state index contributed by atoms with van der Waals surface area (Å²) in [6, 6.07) is 7.87. The van der Waals surface area contributed by atoms with Gasteiger partial charge in [0, 0.05) is 6.54 Å². The molecule has 0 aliphatic heterocycles. The minimum absolute atomic E-state index is 0.101. The van der Waals surface area contributed by atoms with E-state index in [-0.39, 0.29) is 6.10 Å².